The highest BCUT2D eigenvalue weighted by Crippen LogP contribution is 2.34. The number of hydrogen-bond donors (Lipinski definition) is 0. The van der Waals surface area contributed by atoms with Crippen molar-refractivity contribution in [3.05, 3.63) is 55.6 Å². The number of thioether (sulfide) groups is 1. The number of hydrogen-bond acceptors (Lipinski definition) is 5. The van der Waals surface area contributed by atoms with Gasteiger partial charge in [0.1, 0.15) is 4.83 Å². The molecule has 0 N–H and O–H groups in total. The minimum Gasteiger partial charge on any atom is -0.293 e. The van der Waals surface area contributed by atoms with Gasteiger partial charge in [0.05, 0.1) is 11.1 Å². The third kappa shape index (κ3) is 3.21. The molecule has 3 aromatic rings. The average Bonchev–Trinajstić information content (AvgIpc) is 3.01. The number of thiophene rings is 1. The zero-order chi connectivity index (χ0) is 18.3. The van der Waals surface area contributed by atoms with Crippen LogP contribution in [0.25, 0.3) is 10.2 Å². The Labute approximate surface area is 164 Å². The van der Waals surface area contributed by atoms with E-state index < -0.39 is 0 Å². The second-order valence-electron chi connectivity index (χ2n) is 6.37. The molecule has 0 fully saturated rings. The van der Waals surface area contributed by atoms with Gasteiger partial charge in [-0.25, -0.2) is 4.98 Å². The van der Waals surface area contributed by atoms with Crippen LogP contribution in [0, 0.1) is 0 Å². The topological polar surface area (TPSA) is 52.0 Å². The Morgan fingerprint density at radius 2 is 2.15 bits per heavy atom. The minimum atomic E-state index is -0.0303. The summed E-state index contributed by atoms with van der Waals surface area (Å²) < 4.78 is 1.57. The number of Topliss-reactive ketones (excluding diaryl/α,β-unsaturated/α-hetero) is 1. The van der Waals surface area contributed by atoms with E-state index in [1.54, 1.807) is 47.2 Å². The van der Waals surface area contributed by atoms with Gasteiger partial charge in [-0.3, -0.25) is 14.2 Å². The van der Waals surface area contributed by atoms with E-state index in [4.69, 9.17) is 11.6 Å². The quantitative estimate of drug-likeness (QED) is 0.365. The number of ketones is 1. The fraction of sp³-hybridized carbons (Fsp3) is 0.316. The third-order valence-electron chi connectivity index (χ3n) is 4.63. The van der Waals surface area contributed by atoms with Crippen LogP contribution in [0.5, 0.6) is 0 Å². The summed E-state index contributed by atoms with van der Waals surface area (Å²) in [7, 11) is 1.73. The van der Waals surface area contributed by atoms with E-state index in [1.165, 1.54) is 28.6 Å². The Hall–Kier alpha value is -1.63. The molecule has 0 spiro atoms. The number of carbonyl (C=O) groups is 1. The molecule has 0 bridgehead atoms. The molecule has 1 aromatic carbocycles. The summed E-state index contributed by atoms with van der Waals surface area (Å²) in [6.07, 6.45) is 4.31. The molecule has 0 aliphatic heterocycles. The average molecular weight is 405 g/mol. The smallest absolute Gasteiger partial charge is 0.262 e. The Balaban J connectivity index is 1.64. The Kier molecular flexibility index (Phi) is 4.90. The number of aryl methyl sites for hydroxylation is 2. The van der Waals surface area contributed by atoms with Crippen LogP contribution in [0.4, 0.5) is 0 Å². The highest BCUT2D eigenvalue weighted by atomic mass is 35.5. The van der Waals surface area contributed by atoms with Crippen molar-refractivity contribution >= 4 is 50.7 Å². The van der Waals surface area contributed by atoms with E-state index in [0.29, 0.717) is 15.7 Å². The van der Waals surface area contributed by atoms with Gasteiger partial charge >= 0.3 is 0 Å². The van der Waals surface area contributed by atoms with Gasteiger partial charge in [0.15, 0.2) is 10.9 Å². The number of fused-ring (bicyclic) bond motifs is 3. The number of aromatic nitrogens is 2. The van der Waals surface area contributed by atoms with Gasteiger partial charge in [0, 0.05) is 22.5 Å². The number of carbonyl (C=O) groups excluding carboxylic acids is 1. The zero-order valence-corrected chi connectivity index (χ0v) is 16.6. The molecule has 134 valence electrons. The lowest BCUT2D eigenvalue weighted by Crippen LogP contribution is -2.21. The normalized spacial score (nSPS) is 13.8. The van der Waals surface area contributed by atoms with E-state index in [1.807, 2.05) is 0 Å². The fourth-order valence-corrected chi connectivity index (χ4v) is 5.63. The highest BCUT2D eigenvalue weighted by Gasteiger charge is 2.21. The van der Waals surface area contributed by atoms with Crippen LogP contribution in [0.15, 0.2) is 34.2 Å². The van der Waals surface area contributed by atoms with E-state index >= 15 is 0 Å². The van der Waals surface area contributed by atoms with Crippen molar-refractivity contribution in [2.45, 2.75) is 30.8 Å². The molecule has 0 saturated carbocycles. The van der Waals surface area contributed by atoms with Crippen molar-refractivity contribution in [2.24, 2.45) is 7.05 Å². The van der Waals surface area contributed by atoms with E-state index in [0.717, 1.165) is 29.5 Å². The Morgan fingerprint density at radius 3 is 2.96 bits per heavy atom. The molecule has 0 amide bonds. The van der Waals surface area contributed by atoms with E-state index in [2.05, 4.69) is 4.98 Å². The molecule has 1 aliphatic rings. The molecular formula is C19H17ClN2O2S2. The Morgan fingerprint density at radius 1 is 1.35 bits per heavy atom. The monoisotopic (exact) mass is 404 g/mol. The van der Waals surface area contributed by atoms with Crippen LogP contribution in [0.3, 0.4) is 0 Å². The van der Waals surface area contributed by atoms with Crippen molar-refractivity contribution in [3.63, 3.8) is 0 Å². The van der Waals surface area contributed by atoms with Gasteiger partial charge in [0.2, 0.25) is 0 Å². The summed E-state index contributed by atoms with van der Waals surface area (Å²) in [5.41, 5.74) is 1.76. The maximum absolute atomic E-state index is 12.9. The molecule has 0 radical (unpaired) electrons. The van der Waals surface area contributed by atoms with Crippen molar-refractivity contribution < 1.29 is 4.79 Å². The predicted octanol–water partition coefficient (Wildman–Crippen LogP) is 4.50. The van der Waals surface area contributed by atoms with Crippen LogP contribution < -0.4 is 5.56 Å². The standard InChI is InChI=1S/C19H17ClN2O2S2/c1-22-18(24)16-13-7-2-3-8-15(13)26-17(16)21-19(22)25-10-14(23)11-5-4-6-12(20)9-11/h4-6,9H,2-3,7-8,10H2,1H3. The molecular weight excluding hydrogens is 388 g/mol. The van der Waals surface area contributed by atoms with Crippen molar-refractivity contribution in [1.82, 2.24) is 9.55 Å². The van der Waals surface area contributed by atoms with Gasteiger partial charge in [-0.2, -0.15) is 0 Å². The van der Waals surface area contributed by atoms with Crippen LogP contribution in [-0.4, -0.2) is 21.1 Å². The van der Waals surface area contributed by atoms with Crippen LogP contribution in [-0.2, 0) is 19.9 Å². The largest absolute Gasteiger partial charge is 0.293 e. The van der Waals surface area contributed by atoms with Crippen LogP contribution in [0.2, 0.25) is 5.02 Å². The van der Waals surface area contributed by atoms with Crippen LogP contribution in [0.1, 0.15) is 33.6 Å². The summed E-state index contributed by atoms with van der Waals surface area (Å²) in [6.45, 7) is 0. The summed E-state index contributed by atoms with van der Waals surface area (Å²) in [5.74, 6) is 0.189. The van der Waals surface area contributed by atoms with Crippen molar-refractivity contribution in [2.75, 3.05) is 5.75 Å². The lowest BCUT2D eigenvalue weighted by molar-refractivity contribution is 0.102. The van der Waals surface area contributed by atoms with Crippen molar-refractivity contribution in [3.8, 4) is 0 Å². The maximum atomic E-state index is 12.9. The number of rotatable bonds is 4. The lowest BCUT2D eigenvalue weighted by Gasteiger charge is -2.10. The third-order valence-corrected chi connectivity index (χ3v) is 7.08. The first-order valence-corrected chi connectivity index (χ1v) is 10.7. The minimum absolute atomic E-state index is 0.00731. The molecule has 1 aliphatic carbocycles. The molecule has 26 heavy (non-hydrogen) atoms. The second kappa shape index (κ2) is 7.18. The summed E-state index contributed by atoms with van der Waals surface area (Å²) in [5, 5.41) is 1.89. The van der Waals surface area contributed by atoms with Gasteiger partial charge in [-0.15, -0.1) is 11.3 Å². The molecule has 4 nitrogen and oxygen atoms in total. The molecule has 0 atom stereocenters. The van der Waals surface area contributed by atoms with Gasteiger partial charge in [-0.05, 0) is 43.4 Å². The number of benzene rings is 1. The predicted molar refractivity (Wildman–Crippen MR) is 108 cm³/mol. The summed E-state index contributed by atoms with van der Waals surface area (Å²) >= 11 is 8.88. The molecule has 0 saturated heterocycles. The zero-order valence-electron chi connectivity index (χ0n) is 14.3. The first-order chi connectivity index (χ1) is 12.5. The summed E-state index contributed by atoms with van der Waals surface area (Å²) in [6, 6.07) is 6.91. The van der Waals surface area contributed by atoms with Crippen LogP contribution >= 0.6 is 34.7 Å². The number of halogens is 1. The van der Waals surface area contributed by atoms with Gasteiger partial charge < -0.3 is 0 Å². The number of nitrogens with zero attached hydrogens (tertiary/aromatic N) is 2. The molecule has 2 heterocycles. The molecule has 2 aromatic heterocycles. The fourth-order valence-electron chi connectivity index (χ4n) is 3.27. The lowest BCUT2D eigenvalue weighted by atomic mass is 9.97. The molecule has 0 unspecified atom stereocenters. The second-order valence-corrected chi connectivity index (χ2v) is 8.83. The first kappa shape index (κ1) is 17.8. The molecule has 7 heteroatoms. The summed E-state index contributed by atoms with van der Waals surface area (Å²) in [4.78, 5) is 32.0. The first-order valence-electron chi connectivity index (χ1n) is 8.47. The highest BCUT2D eigenvalue weighted by molar-refractivity contribution is 7.99. The maximum Gasteiger partial charge on any atom is 0.262 e. The van der Waals surface area contributed by atoms with E-state index in [-0.39, 0.29) is 17.1 Å². The van der Waals surface area contributed by atoms with Gasteiger partial charge in [0.25, 0.3) is 5.56 Å². The SMILES string of the molecule is Cn1c(SCC(=O)c2cccc(Cl)c2)nc2sc3c(c2c1=O)CCCC3. The molecule has 4 rings (SSSR count). The van der Waals surface area contributed by atoms with Crippen molar-refractivity contribution in [1.29, 1.82) is 0 Å². The van der Waals surface area contributed by atoms with Gasteiger partial charge in [-0.1, -0.05) is 35.5 Å². The Bertz CT molecular complexity index is 1070. The van der Waals surface area contributed by atoms with E-state index in [9.17, 15) is 9.59 Å².